The quantitative estimate of drug-likeness (QED) is 0.580. The molecule has 2 rings (SSSR count). The van der Waals surface area contributed by atoms with Crippen LogP contribution in [0.4, 0.5) is 0 Å². The highest BCUT2D eigenvalue weighted by atomic mass is 16.5. The summed E-state index contributed by atoms with van der Waals surface area (Å²) in [7, 11) is 0. The molecule has 4 nitrogen and oxygen atoms in total. The molecular formula is C8H13NO3. The summed E-state index contributed by atoms with van der Waals surface area (Å²) in [4.78, 5) is 10.8. The molecule has 2 heterocycles. The van der Waals surface area contributed by atoms with Crippen molar-refractivity contribution in [2.24, 2.45) is 5.92 Å². The minimum atomic E-state index is -0.00911. The van der Waals surface area contributed by atoms with Gasteiger partial charge in [0.05, 0.1) is 12.7 Å². The van der Waals surface area contributed by atoms with Crippen LogP contribution in [0.15, 0.2) is 0 Å². The van der Waals surface area contributed by atoms with E-state index < -0.39 is 0 Å². The van der Waals surface area contributed by atoms with Crippen LogP contribution in [0.3, 0.4) is 0 Å². The normalized spacial score (nSPS) is 36.5. The molecule has 2 saturated heterocycles. The highest BCUT2D eigenvalue weighted by Gasteiger charge is 2.29. The van der Waals surface area contributed by atoms with Crippen molar-refractivity contribution in [2.45, 2.75) is 12.5 Å². The first kappa shape index (κ1) is 8.01. The molecule has 0 aromatic carbocycles. The van der Waals surface area contributed by atoms with E-state index in [1.54, 1.807) is 0 Å². The van der Waals surface area contributed by atoms with Crippen molar-refractivity contribution in [3.05, 3.63) is 0 Å². The second kappa shape index (κ2) is 3.41. The minimum Gasteiger partial charge on any atom is -0.381 e. The molecular weight excluding hydrogens is 158 g/mol. The average Bonchev–Trinajstić information content (AvgIpc) is 2.58. The molecule has 0 aromatic heterocycles. The van der Waals surface area contributed by atoms with Crippen LogP contribution in [0, 0.1) is 5.92 Å². The number of hydrogen-bond acceptors (Lipinski definition) is 3. The van der Waals surface area contributed by atoms with Crippen LogP contribution in [0.5, 0.6) is 0 Å². The Morgan fingerprint density at radius 3 is 3.00 bits per heavy atom. The Morgan fingerprint density at radius 1 is 1.50 bits per heavy atom. The molecule has 2 aliphatic heterocycles. The lowest BCUT2D eigenvalue weighted by Crippen LogP contribution is -2.46. The van der Waals surface area contributed by atoms with Gasteiger partial charge in [-0.25, -0.2) is 0 Å². The largest absolute Gasteiger partial charge is 0.381 e. The van der Waals surface area contributed by atoms with E-state index in [0.717, 1.165) is 19.6 Å². The third-order valence-electron chi connectivity index (χ3n) is 2.42. The number of ether oxygens (including phenoxy) is 2. The van der Waals surface area contributed by atoms with E-state index in [1.807, 2.05) is 0 Å². The Morgan fingerprint density at radius 2 is 2.42 bits per heavy atom. The van der Waals surface area contributed by atoms with Crippen molar-refractivity contribution in [1.29, 1.82) is 0 Å². The molecule has 0 aliphatic carbocycles. The van der Waals surface area contributed by atoms with Crippen LogP contribution >= 0.6 is 0 Å². The monoisotopic (exact) mass is 171 g/mol. The summed E-state index contributed by atoms with van der Waals surface area (Å²) in [6.45, 7) is 2.47. The predicted molar refractivity (Wildman–Crippen MR) is 41.7 cm³/mol. The molecule has 0 saturated carbocycles. The predicted octanol–water partition coefficient (Wildman–Crippen LogP) is -0.462. The molecule has 12 heavy (non-hydrogen) atoms. The molecule has 2 aliphatic rings. The zero-order chi connectivity index (χ0) is 8.39. The van der Waals surface area contributed by atoms with Crippen molar-refractivity contribution < 1.29 is 14.3 Å². The molecule has 4 heteroatoms. The lowest BCUT2D eigenvalue weighted by atomic mass is 10.0. The Kier molecular flexibility index (Phi) is 2.28. The summed E-state index contributed by atoms with van der Waals surface area (Å²) in [5, 5.41) is 2.79. The van der Waals surface area contributed by atoms with Crippen LogP contribution < -0.4 is 5.32 Å². The van der Waals surface area contributed by atoms with Gasteiger partial charge in [0.1, 0.15) is 6.61 Å². The zero-order valence-electron chi connectivity index (χ0n) is 6.91. The minimum absolute atomic E-state index is 0.00911. The Labute approximate surface area is 71.2 Å². The van der Waals surface area contributed by atoms with Crippen LogP contribution in [0.2, 0.25) is 0 Å². The number of amides is 1. The van der Waals surface area contributed by atoms with Crippen molar-refractivity contribution in [3.8, 4) is 0 Å². The van der Waals surface area contributed by atoms with E-state index in [4.69, 9.17) is 9.47 Å². The number of nitrogens with one attached hydrogen (secondary N) is 1. The van der Waals surface area contributed by atoms with Gasteiger partial charge in [-0.3, -0.25) is 4.79 Å². The summed E-state index contributed by atoms with van der Waals surface area (Å²) in [5.74, 6) is 0.468. The number of rotatable bonds is 1. The van der Waals surface area contributed by atoms with Gasteiger partial charge in [0.15, 0.2) is 0 Å². The van der Waals surface area contributed by atoms with Gasteiger partial charge in [0.25, 0.3) is 0 Å². The smallest absolute Gasteiger partial charge is 0.246 e. The highest BCUT2D eigenvalue weighted by molar-refractivity contribution is 5.77. The average molecular weight is 171 g/mol. The fraction of sp³-hybridized carbons (Fsp3) is 0.875. The van der Waals surface area contributed by atoms with Gasteiger partial charge in [0.2, 0.25) is 5.91 Å². The van der Waals surface area contributed by atoms with Crippen LogP contribution in [0.1, 0.15) is 6.42 Å². The third kappa shape index (κ3) is 1.59. The van der Waals surface area contributed by atoms with Gasteiger partial charge in [-0.1, -0.05) is 0 Å². The number of carbonyl (C=O) groups excluding carboxylic acids is 1. The van der Waals surface area contributed by atoms with Crippen molar-refractivity contribution in [3.63, 3.8) is 0 Å². The summed E-state index contributed by atoms with van der Waals surface area (Å²) in [5.41, 5.74) is 0. The summed E-state index contributed by atoms with van der Waals surface area (Å²) < 4.78 is 10.6. The first-order chi connectivity index (χ1) is 5.86. The Hall–Kier alpha value is -0.610. The molecule has 1 N–H and O–H groups in total. The second-order valence-corrected chi connectivity index (χ2v) is 3.28. The van der Waals surface area contributed by atoms with Crippen molar-refractivity contribution >= 4 is 5.91 Å². The Balaban J connectivity index is 1.84. The Bertz CT molecular complexity index is 167. The molecule has 2 atom stereocenters. The molecule has 0 bridgehead atoms. The topological polar surface area (TPSA) is 47.6 Å². The van der Waals surface area contributed by atoms with Gasteiger partial charge in [0, 0.05) is 19.1 Å². The number of carbonyl (C=O) groups is 1. The van der Waals surface area contributed by atoms with Gasteiger partial charge in [-0.2, -0.15) is 0 Å². The molecule has 0 aromatic rings. The fourth-order valence-corrected chi connectivity index (χ4v) is 1.66. The lowest BCUT2D eigenvalue weighted by Gasteiger charge is -2.26. The van der Waals surface area contributed by atoms with Crippen molar-refractivity contribution in [1.82, 2.24) is 5.32 Å². The first-order valence-corrected chi connectivity index (χ1v) is 4.32. The SMILES string of the molecule is O=C1COC(C2CCOC2)CN1. The lowest BCUT2D eigenvalue weighted by molar-refractivity contribution is -0.135. The molecule has 68 valence electrons. The molecule has 2 fully saturated rings. The first-order valence-electron chi connectivity index (χ1n) is 4.32. The zero-order valence-corrected chi connectivity index (χ0v) is 6.91. The third-order valence-corrected chi connectivity index (χ3v) is 2.42. The van der Waals surface area contributed by atoms with Gasteiger partial charge in [-0.15, -0.1) is 0 Å². The van der Waals surface area contributed by atoms with Gasteiger partial charge >= 0.3 is 0 Å². The summed E-state index contributed by atoms with van der Waals surface area (Å²) in [6.07, 6.45) is 1.23. The maximum atomic E-state index is 10.8. The standard InChI is InChI=1S/C8H13NO3/c10-8-5-12-7(3-9-8)6-1-2-11-4-6/h6-7H,1-5H2,(H,9,10). The van der Waals surface area contributed by atoms with E-state index in [9.17, 15) is 4.79 Å². The number of morpholine rings is 1. The van der Waals surface area contributed by atoms with E-state index >= 15 is 0 Å². The van der Waals surface area contributed by atoms with Gasteiger partial charge in [-0.05, 0) is 6.42 Å². The summed E-state index contributed by atoms with van der Waals surface area (Å²) in [6, 6.07) is 0. The van der Waals surface area contributed by atoms with E-state index in [0.29, 0.717) is 12.5 Å². The molecule has 0 spiro atoms. The van der Waals surface area contributed by atoms with Gasteiger partial charge < -0.3 is 14.8 Å². The maximum absolute atomic E-state index is 10.8. The van der Waals surface area contributed by atoms with E-state index in [1.165, 1.54) is 0 Å². The fourth-order valence-electron chi connectivity index (χ4n) is 1.66. The summed E-state index contributed by atoms with van der Waals surface area (Å²) >= 11 is 0. The van der Waals surface area contributed by atoms with Crippen LogP contribution in [0.25, 0.3) is 0 Å². The second-order valence-electron chi connectivity index (χ2n) is 3.28. The highest BCUT2D eigenvalue weighted by Crippen LogP contribution is 2.19. The van der Waals surface area contributed by atoms with E-state index in [-0.39, 0.29) is 18.6 Å². The number of hydrogen-bond donors (Lipinski definition) is 1. The van der Waals surface area contributed by atoms with Crippen LogP contribution in [-0.2, 0) is 14.3 Å². The maximum Gasteiger partial charge on any atom is 0.246 e. The van der Waals surface area contributed by atoms with Crippen LogP contribution in [-0.4, -0.2) is 38.4 Å². The van der Waals surface area contributed by atoms with E-state index in [2.05, 4.69) is 5.32 Å². The van der Waals surface area contributed by atoms with Crippen molar-refractivity contribution in [2.75, 3.05) is 26.4 Å². The molecule has 1 amide bonds. The molecule has 0 radical (unpaired) electrons. The molecule has 2 unspecified atom stereocenters.